The molecule has 2 heterocycles. The summed E-state index contributed by atoms with van der Waals surface area (Å²) in [5.41, 5.74) is 5.20. The maximum absolute atomic E-state index is 12.8. The number of aryl methyl sites for hydroxylation is 1. The van der Waals surface area contributed by atoms with E-state index in [1.54, 1.807) is 13.3 Å². The van der Waals surface area contributed by atoms with Crippen LogP contribution in [0.25, 0.3) is 10.9 Å². The number of anilines is 1. The van der Waals surface area contributed by atoms with Crippen LogP contribution in [0, 0.1) is 6.92 Å². The molecule has 1 amide bonds. The monoisotopic (exact) mass is 570 g/mol. The van der Waals surface area contributed by atoms with Crippen molar-refractivity contribution in [1.82, 2.24) is 14.8 Å². The number of fused-ring (bicyclic) bond motifs is 1. The van der Waals surface area contributed by atoms with Gasteiger partial charge in [0.15, 0.2) is 0 Å². The molecule has 0 radical (unpaired) electrons. The minimum atomic E-state index is 0.0191. The molecule has 1 N–H and O–H groups in total. The number of nitrogens with zero attached hydrogens (tertiary/aromatic N) is 3. The number of amides is 1. The number of benzene rings is 3. The van der Waals surface area contributed by atoms with Crippen molar-refractivity contribution in [2.45, 2.75) is 38.6 Å². The van der Waals surface area contributed by atoms with Gasteiger partial charge >= 0.3 is 0 Å². The van der Waals surface area contributed by atoms with Gasteiger partial charge < -0.3 is 15.0 Å². The third-order valence-corrected chi connectivity index (χ3v) is 8.25. The van der Waals surface area contributed by atoms with Crippen LogP contribution in [0.15, 0.2) is 79.0 Å². The first-order chi connectivity index (χ1) is 20.0. The highest BCUT2D eigenvalue weighted by Gasteiger charge is 2.26. The van der Waals surface area contributed by atoms with Gasteiger partial charge in [0.1, 0.15) is 5.75 Å². The van der Waals surface area contributed by atoms with Crippen LogP contribution in [-0.2, 0) is 4.79 Å². The van der Waals surface area contributed by atoms with Crippen LogP contribution in [0.5, 0.6) is 5.75 Å². The molecule has 6 nitrogen and oxygen atoms in total. The number of piperazine rings is 1. The van der Waals surface area contributed by atoms with Gasteiger partial charge in [-0.15, -0.1) is 0 Å². The highest BCUT2D eigenvalue weighted by atomic mass is 35.5. The van der Waals surface area contributed by atoms with Crippen molar-refractivity contribution in [3.63, 3.8) is 0 Å². The van der Waals surface area contributed by atoms with Crippen molar-refractivity contribution < 1.29 is 9.53 Å². The van der Waals surface area contributed by atoms with Gasteiger partial charge in [0.2, 0.25) is 5.91 Å². The molecule has 1 unspecified atom stereocenters. The maximum atomic E-state index is 12.8. The number of pyridine rings is 1. The molecule has 0 aliphatic carbocycles. The first-order valence-electron chi connectivity index (χ1n) is 14.5. The minimum absolute atomic E-state index is 0.0191. The smallest absolute Gasteiger partial charge is 0.224 e. The molecule has 1 saturated heterocycles. The van der Waals surface area contributed by atoms with Gasteiger partial charge in [-0.3, -0.25) is 14.7 Å². The Morgan fingerprint density at radius 1 is 0.951 bits per heavy atom. The van der Waals surface area contributed by atoms with Gasteiger partial charge in [-0.2, -0.15) is 0 Å². The van der Waals surface area contributed by atoms with E-state index in [0.717, 1.165) is 73.5 Å². The highest BCUT2D eigenvalue weighted by molar-refractivity contribution is 6.30. The van der Waals surface area contributed by atoms with E-state index in [2.05, 4.69) is 62.6 Å². The summed E-state index contributed by atoms with van der Waals surface area (Å²) in [5, 5.41) is 4.83. The van der Waals surface area contributed by atoms with Crippen molar-refractivity contribution in [3.05, 3.63) is 101 Å². The summed E-state index contributed by atoms with van der Waals surface area (Å²) in [7, 11) is 1.64. The summed E-state index contributed by atoms with van der Waals surface area (Å²) in [6, 6.07) is 25.0. The van der Waals surface area contributed by atoms with Gasteiger partial charge in [-0.1, -0.05) is 60.5 Å². The maximum Gasteiger partial charge on any atom is 0.224 e. The van der Waals surface area contributed by atoms with Gasteiger partial charge in [0.05, 0.1) is 24.4 Å². The Bertz CT molecular complexity index is 1440. The number of rotatable bonds is 11. The van der Waals surface area contributed by atoms with E-state index in [-0.39, 0.29) is 11.9 Å². The number of ether oxygens (including phenoxy) is 1. The second-order valence-corrected chi connectivity index (χ2v) is 11.2. The molecule has 0 saturated carbocycles. The molecule has 1 aliphatic rings. The molecule has 1 fully saturated rings. The van der Waals surface area contributed by atoms with Gasteiger partial charge in [-0.05, 0) is 67.3 Å². The first kappa shape index (κ1) is 29.1. The van der Waals surface area contributed by atoms with Gasteiger partial charge in [0, 0.05) is 55.3 Å². The lowest BCUT2D eigenvalue weighted by Crippen LogP contribution is -2.48. The summed E-state index contributed by atoms with van der Waals surface area (Å²) < 4.78 is 5.45. The molecule has 3 aromatic carbocycles. The highest BCUT2D eigenvalue weighted by Crippen LogP contribution is 2.31. The lowest BCUT2D eigenvalue weighted by Gasteiger charge is -2.40. The standard InChI is InChI=1S/C34H39ClN4O2/c1-25-16-17-36-33-30(25)23-29(41-2)24-31(33)37-32(40)11-7-4-8-18-38-19-21-39(22-20-38)34(26-9-5-3-6-10-26)27-12-14-28(35)15-13-27/h3,5-6,9-10,12-17,23-24,34H,4,7-8,11,18-22H2,1-2H3,(H,37,40). The molecule has 5 rings (SSSR count). The Kier molecular flexibility index (Phi) is 9.88. The average molecular weight is 571 g/mol. The van der Waals surface area contributed by atoms with E-state index >= 15 is 0 Å². The Morgan fingerprint density at radius 2 is 1.68 bits per heavy atom. The number of hydrogen-bond donors (Lipinski definition) is 1. The van der Waals surface area contributed by atoms with Crippen molar-refractivity contribution in [1.29, 1.82) is 0 Å². The topological polar surface area (TPSA) is 57.7 Å². The van der Waals surface area contributed by atoms with E-state index in [4.69, 9.17) is 16.3 Å². The van der Waals surface area contributed by atoms with Gasteiger partial charge in [-0.25, -0.2) is 0 Å². The normalized spacial score (nSPS) is 15.1. The fourth-order valence-electron chi connectivity index (χ4n) is 5.72. The fourth-order valence-corrected chi connectivity index (χ4v) is 5.85. The summed E-state index contributed by atoms with van der Waals surface area (Å²) in [6.07, 6.45) is 5.26. The third kappa shape index (κ3) is 7.45. The molecule has 41 heavy (non-hydrogen) atoms. The molecular weight excluding hydrogens is 532 g/mol. The summed E-state index contributed by atoms with van der Waals surface area (Å²) in [4.78, 5) is 22.4. The minimum Gasteiger partial charge on any atom is -0.497 e. The Balaban J connectivity index is 1.07. The molecule has 0 bridgehead atoms. The molecule has 1 aromatic heterocycles. The molecule has 0 spiro atoms. The second-order valence-electron chi connectivity index (χ2n) is 10.8. The summed E-state index contributed by atoms with van der Waals surface area (Å²) >= 11 is 6.18. The Labute approximate surface area is 248 Å². The Hall–Kier alpha value is -3.45. The molecule has 1 atom stereocenters. The first-order valence-corrected chi connectivity index (χ1v) is 14.9. The summed E-state index contributed by atoms with van der Waals surface area (Å²) in [5.74, 6) is 0.734. The van der Waals surface area contributed by atoms with Crippen LogP contribution in [0.3, 0.4) is 0 Å². The van der Waals surface area contributed by atoms with E-state index in [0.29, 0.717) is 17.9 Å². The lowest BCUT2D eigenvalue weighted by molar-refractivity contribution is -0.116. The van der Waals surface area contributed by atoms with Crippen LogP contribution >= 0.6 is 11.6 Å². The number of carbonyl (C=O) groups is 1. The molecule has 4 aromatic rings. The van der Waals surface area contributed by atoms with Crippen LogP contribution in [0.1, 0.15) is 48.4 Å². The number of carbonyl (C=O) groups excluding carboxylic acids is 1. The van der Waals surface area contributed by atoms with Gasteiger partial charge in [0.25, 0.3) is 0 Å². The number of aromatic nitrogens is 1. The van der Waals surface area contributed by atoms with Crippen LogP contribution in [0.4, 0.5) is 5.69 Å². The van der Waals surface area contributed by atoms with Crippen LogP contribution in [-0.4, -0.2) is 60.5 Å². The van der Waals surface area contributed by atoms with E-state index in [9.17, 15) is 4.79 Å². The van der Waals surface area contributed by atoms with Crippen LogP contribution in [0.2, 0.25) is 5.02 Å². The average Bonchev–Trinajstić information content (AvgIpc) is 3.00. The third-order valence-electron chi connectivity index (χ3n) is 8.00. The number of methoxy groups -OCH3 is 1. The van der Waals surface area contributed by atoms with Crippen molar-refractivity contribution in [2.75, 3.05) is 45.2 Å². The second kappa shape index (κ2) is 13.9. The zero-order valence-corrected chi connectivity index (χ0v) is 24.7. The quantitative estimate of drug-likeness (QED) is 0.195. The van der Waals surface area contributed by atoms with E-state index in [1.807, 2.05) is 37.3 Å². The largest absolute Gasteiger partial charge is 0.497 e. The zero-order chi connectivity index (χ0) is 28.6. The number of hydrogen-bond acceptors (Lipinski definition) is 5. The number of halogens is 1. The van der Waals surface area contributed by atoms with E-state index < -0.39 is 0 Å². The van der Waals surface area contributed by atoms with Crippen LogP contribution < -0.4 is 10.1 Å². The fraction of sp³-hybridized carbons (Fsp3) is 0.353. The molecule has 1 aliphatic heterocycles. The number of unbranched alkanes of at least 4 members (excludes halogenated alkanes) is 2. The predicted octanol–water partition coefficient (Wildman–Crippen LogP) is 7.11. The number of nitrogens with one attached hydrogen (secondary N) is 1. The van der Waals surface area contributed by atoms with Crippen molar-refractivity contribution in [3.8, 4) is 5.75 Å². The van der Waals surface area contributed by atoms with Crippen molar-refractivity contribution >= 4 is 34.1 Å². The molecule has 214 valence electrons. The predicted molar refractivity (Wildman–Crippen MR) is 168 cm³/mol. The zero-order valence-electron chi connectivity index (χ0n) is 24.0. The SMILES string of the molecule is COc1cc(NC(=O)CCCCCN2CCN(C(c3ccccc3)c3ccc(Cl)cc3)CC2)c2nccc(C)c2c1. The Morgan fingerprint density at radius 3 is 2.41 bits per heavy atom. The summed E-state index contributed by atoms with van der Waals surface area (Å²) in [6.45, 7) is 7.24. The molecule has 7 heteroatoms. The van der Waals surface area contributed by atoms with E-state index in [1.165, 1.54) is 11.1 Å². The van der Waals surface area contributed by atoms with Crippen molar-refractivity contribution in [2.24, 2.45) is 0 Å². The molecular formula is C34H39ClN4O2. The lowest BCUT2D eigenvalue weighted by atomic mass is 9.96.